The molecule has 134 valence electrons. The number of carbonyl (C=O) groups excluding carboxylic acids is 1. The van der Waals surface area contributed by atoms with E-state index in [4.69, 9.17) is 14.6 Å². The number of ether oxygens (including phenoxy) is 1. The molecule has 0 bridgehead atoms. The van der Waals surface area contributed by atoms with Crippen molar-refractivity contribution in [2.45, 2.75) is 51.9 Å². The van der Waals surface area contributed by atoms with Gasteiger partial charge in [-0.3, -0.25) is 4.79 Å². The van der Waals surface area contributed by atoms with E-state index in [2.05, 4.69) is 10.1 Å². The van der Waals surface area contributed by atoms with Gasteiger partial charge in [-0.05, 0) is 45.3 Å². The van der Waals surface area contributed by atoms with Crippen LogP contribution in [0, 0.1) is 11.3 Å². The normalized spacial score (nSPS) is 18.1. The molecule has 0 aromatic heterocycles. The van der Waals surface area contributed by atoms with Gasteiger partial charge < -0.3 is 19.4 Å². The van der Waals surface area contributed by atoms with Crippen LogP contribution in [-0.2, 0) is 14.1 Å². The molecule has 2 rings (SSSR count). The Morgan fingerprint density at radius 1 is 1.28 bits per heavy atom. The maximum atomic E-state index is 12.6. The summed E-state index contributed by atoms with van der Waals surface area (Å²) in [7, 11) is -0.808. The zero-order chi connectivity index (χ0) is 18.8. The van der Waals surface area contributed by atoms with Crippen LogP contribution in [0.15, 0.2) is 18.2 Å². The second kappa shape index (κ2) is 6.98. The number of rotatable bonds is 5. The van der Waals surface area contributed by atoms with Gasteiger partial charge in [0, 0.05) is 11.8 Å². The number of nitriles is 1. The van der Waals surface area contributed by atoms with Crippen molar-refractivity contribution < 1.29 is 27.6 Å². The molecule has 1 saturated heterocycles. The molecule has 0 radical (unpaired) electrons. The van der Waals surface area contributed by atoms with E-state index in [-0.39, 0.29) is 17.9 Å². The highest BCUT2D eigenvalue weighted by molar-refractivity contribution is 6.62. The minimum Gasteiger partial charge on any atom is -0.435 e. The fourth-order valence-electron chi connectivity index (χ4n) is 2.26. The Balaban J connectivity index is 2.34. The van der Waals surface area contributed by atoms with E-state index in [1.807, 2.05) is 27.7 Å². The van der Waals surface area contributed by atoms with Crippen LogP contribution in [0.1, 0.15) is 34.1 Å². The molecule has 1 aromatic rings. The molecule has 0 spiro atoms. The van der Waals surface area contributed by atoms with Crippen molar-refractivity contribution in [1.29, 1.82) is 5.26 Å². The maximum Gasteiger partial charge on any atom is 0.495 e. The smallest absolute Gasteiger partial charge is 0.435 e. The van der Waals surface area contributed by atoms with Gasteiger partial charge in [-0.15, -0.1) is 0 Å². The molecule has 1 aromatic carbocycles. The van der Waals surface area contributed by atoms with Crippen LogP contribution in [0.4, 0.5) is 14.5 Å². The van der Waals surface area contributed by atoms with Crippen molar-refractivity contribution in [2.24, 2.45) is 0 Å². The quantitative estimate of drug-likeness (QED) is 0.824. The van der Waals surface area contributed by atoms with Crippen LogP contribution in [0.3, 0.4) is 0 Å². The first-order valence-corrected chi connectivity index (χ1v) is 7.66. The molecular formula is C16H19BF2N2O4. The van der Waals surface area contributed by atoms with Gasteiger partial charge in [-0.2, -0.15) is 14.0 Å². The molecule has 25 heavy (non-hydrogen) atoms. The molecular weight excluding hydrogens is 333 g/mol. The first-order valence-electron chi connectivity index (χ1n) is 7.66. The first kappa shape index (κ1) is 19.2. The maximum absolute atomic E-state index is 12.6. The predicted molar refractivity (Wildman–Crippen MR) is 87.6 cm³/mol. The Labute approximate surface area is 145 Å². The lowest BCUT2D eigenvalue weighted by molar-refractivity contribution is -0.115. The molecule has 9 heteroatoms. The number of benzene rings is 1. The van der Waals surface area contributed by atoms with E-state index < -0.39 is 30.8 Å². The van der Waals surface area contributed by atoms with Gasteiger partial charge in [0.15, 0.2) is 0 Å². The molecule has 0 unspecified atom stereocenters. The van der Waals surface area contributed by atoms with Crippen LogP contribution in [0.2, 0.25) is 0 Å². The standard InChI is InChI=1S/C16H19BF2N2O4/c1-15(2)16(3,4)25-17(24-15)10-7-11(21-13(22)5-6-20)9-12(8-10)23-14(18)19/h7-9,14H,5H2,1-4H3,(H,21,22). The van der Waals surface area contributed by atoms with Gasteiger partial charge in [0.1, 0.15) is 12.2 Å². The van der Waals surface area contributed by atoms with Gasteiger partial charge in [-0.25, -0.2) is 0 Å². The van der Waals surface area contributed by atoms with Gasteiger partial charge >= 0.3 is 13.7 Å². The highest BCUT2D eigenvalue weighted by atomic mass is 19.3. The van der Waals surface area contributed by atoms with E-state index in [1.54, 1.807) is 6.07 Å². The van der Waals surface area contributed by atoms with Gasteiger partial charge in [0.2, 0.25) is 5.91 Å². The summed E-state index contributed by atoms with van der Waals surface area (Å²) < 4.78 is 41.4. The Morgan fingerprint density at radius 2 is 1.88 bits per heavy atom. The van der Waals surface area contributed by atoms with Crippen molar-refractivity contribution in [1.82, 2.24) is 0 Å². The van der Waals surface area contributed by atoms with Crippen LogP contribution in [0.25, 0.3) is 0 Å². The van der Waals surface area contributed by atoms with Crippen molar-refractivity contribution >= 4 is 24.2 Å². The number of nitrogens with one attached hydrogen (secondary N) is 1. The lowest BCUT2D eigenvalue weighted by Crippen LogP contribution is -2.41. The van der Waals surface area contributed by atoms with Crippen LogP contribution < -0.4 is 15.5 Å². The lowest BCUT2D eigenvalue weighted by atomic mass is 9.78. The average Bonchev–Trinajstić information content (AvgIpc) is 2.66. The van der Waals surface area contributed by atoms with Crippen molar-refractivity contribution in [3.05, 3.63) is 18.2 Å². The number of alkyl halides is 2. The third-order valence-electron chi connectivity index (χ3n) is 4.20. The monoisotopic (exact) mass is 352 g/mol. The van der Waals surface area contributed by atoms with Crippen molar-refractivity contribution in [2.75, 3.05) is 5.32 Å². The summed E-state index contributed by atoms with van der Waals surface area (Å²) >= 11 is 0. The number of amides is 1. The fourth-order valence-corrected chi connectivity index (χ4v) is 2.26. The lowest BCUT2D eigenvalue weighted by Gasteiger charge is -2.32. The van der Waals surface area contributed by atoms with Gasteiger partial charge in [-0.1, -0.05) is 0 Å². The van der Waals surface area contributed by atoms with E-state index >= 15 is 0 Å². The van der Waals surface area contributed by atoms with E-state index in [1.165, 1.54) is 18.2 Å². The van der Waals surface area contributed by atoms with Gasteiger partial charge in [0.25, 0.3) is 0 Å². The summed E-state index contributed by atoms with van der Waals surface area (Å²) in [6, 6.07) is 5.87. The topological polar surface area (TPSA) is 80.6 Å². The SMILES string of the molecule is CC1(C)OB(c2cc(NC(=O)CC#N)cc(OC(F)F)c2)OC1(C)C. The number of hydrogen-bond donors (Lipinski definition) is 1. The number of anilines is 1. The van der Waals surface area contributed by atoms with Gasteiger partial charge in [0.05, 0.1) is 17.3 Å². The third-order valence-corrected chi connectivity index (χ3v) is 4.20. The molecule has 0 atom stereocenters. The second-order valence-corrected chi connectivity index (χ2v) is 6.64. The van der Waals surface area contributed by atoms with Crippen LogP contribution in [0.5, 0.6) is 5.75 Å². The Morgan fingerprint density at radius 3 is 2.40 bits per heavy atom. The Bertz CT molecular complexity index is 688. The molecule has 1 N–H and O–H groups in total. The number of hydrogen-bond acceptors (Lipinski definition) is 5. The highest BCUT2D eigenvalue weighted by Crippen LogP contribution is 2.37. The molecule has 0 aliphatic carbocycles. The number of nitrogens with zero attached hydrogens (tertiary/aromatic N) is 1. The number of carbonyl (C=O) groups is 1. The molecule has 1 aliphatic rings. The Kier molecular flexibility index (Phi) is 5.35. The fraction of sp³-hybridized carbons (Fsp3) is 0.500. The number of halogens is 2. The molecule has 6 nitrogen and oxygen atoms in total. The van der Waals surface area contributed by atoms with Crippen molar-refractivity contribution in [3.63, 3.8) is 0 Å². The largest absolute Gasteiger partial charge is 0.495 e. The van der Waals surface area contributed by atoms with Crippen LogP contribution in [-0.4, -0.2) is 30.8 Å². The first-order chi connectivity index (χ1) is 11.5. The van der Waals surface area contributed by atoms with Crippen LogP contribution >= 0.6 is 0 Å². The average molecular weight is 352 g/mol. The zero-order valence-electron chi connectivity index (χ0n) is 14.4. The third kappa shape index (κ3) is 4.47. The van der Waals surface area contributed by atoms with Crippen molar-refractivity contribution in [3.8, 4) is 11.8 Å². The minimum absolute atomic E-state index is 0.144. The van der Waals surface area contributed by atoms with E-state index in [0.29, 0.717) is 5.46 Å². The second-order valence-electron chi connectivity index (χ2n) is 6.64. The summed E-state index contributed by atoms with van der Waals surface area (Å²) in [5.41, 5.74) is -0.588. The minimum atomic E-state index is -3.02. The highest BCUT2D eigenvalue weighted by Gasteiger charge is 2.51. The zero-order valence-corrected chi connectivity index (χ0v) is 14.4. The summed E-state index contributed by atoms with van der Waals surface area (Å²) in [6.07, 6.45) is -0.355. The summed E-state index contributed by atoms with van der Waals surface area (Å²) in [5.74, 6) is -0.703. The molecule has 1 heterocycles. The van der Waals surface area contributed by atoms with E-state index in [9.17, 15) is 13.6 Å². The summed E-state index contributed by atoms with van der Waals surface area (Å²) in [4.78, 5) is 11.6. The summed E-state index contributed by atoms with van der Waals surface area (Å²) in [6.45, 7) is 4.44. The van der Waals surface area contributed by atoms with E-state index in [0.717, 1.165) is 0 Å². The molecule has 1 aliphatic heterocycles. The molecule has 1 amide bonds. The Hall–Kier alpha value is -2.18. The predicted octanol–water partition coefficient (Wildman–Crippen LogP) is 2.44. The summed E-state index contributed by atoms with van der Waals surface area (Å²) in [5, 5.41) is 11.0. The molecule has 0 saturated carbocycles. The molecule has 1 fully saturated rings.